The van der Waals surface area contributed by atoms with E-state index in [0.29, 0.717) is 17.7 Å². The van der Waals surface area contributed by atoms with Crippen molar-refractivity contribution in [3.05, 3.63) is 99.9 Å². The van der Waals surface area contributed by atoms with Crippen molar-refractivity contribution in [3.63, 3.8) is 0 Å². The average Bonchev–Trinajstić information content (AvgIpc) is 2.70. The molecule has 30 heavy (non-hydrogen) atoms. The topological polar surface area (TPSA) is 9.23 Å². The van der Waals surface area contributed by atoms with Crippen molar-refractivity contribution in [2.24, 2.45) is 0 Å². The number of rotatable bonds is 6. The van der Waals surface area contributed by atoms with Crippen LogP contribution in [0.2, 0.25) is 0 Å². The Kier molecular flexibility index (Phi) is 6.05. The third kappa shape index (κ3) is 4.58. The molecule has 0 unspecified atom stereocenters. The fraction of sp³-hybridized carbons (Fsp3) is 0.182. The van der Waals surface area contributed by atoms with Crippen molar-refractivity contribution in [2.45, 2.75) is 25.9 Å². The smallest absolute Gasteiger partial charge is 0.426 e. The summed E-state index contributed by atoms with van der Waals surface area (Å²) in [5, 5.41) is 0. The van der Waals surface area contributed by atoms with Crippen LogP contribution in [0.5, 0.6) is 5.75 Å². The molecule has 0 aliphatic heterocycles. The molecule has 0 aromatic heterocycles. The van der Waals surface area contributed by atoms with Crippen LogP contribution >= 0.6 is 0 Å². The van der Waals surface area contributed by atoms with Gasteiger partial charge in [-0.25, -0.2) is 22.0 Å². The molecule has 0 saturated carbocycles. The van der Waals surface area contributed by atoms with Crippen molar-refractivity contribution < 1.29 is 35.5 Å². The molecular formula is C22H15F7O. The van der Waals surface area contributed by atoms with Crippen molar-refractivity contribution in [1.29, 1.82) is 0 Å². The maximum absolute atomic E-state index is 14.3. The summed E-state index contributed by atoms with van der Waals surface area (Å²) in [6.45, 7) is 1.44. The molecule has 0 N–H and O–H groups in total. The van der Waals surface area contributed by atoms with E-state index >= 15 is 0 Å². The number of hydrogen-bond donors (Lipinski definition) is 0. The number of benzene rings is 3. The average molecular weight is 428 g/mol. The Morgan fingerprint density at radius 2 is 1.33 bits per heavy atom. The summed E-state index contributed by atoms with van der Waals surface area (Å²) < 4.78 is 99.7. The highest BCUT2D eigenvalue weighted by molar-refractivity contribution is 5.30. The molecule has 0 aliphatic carbocycles. The number of hydrogen-bond acceptors (Lipinski definition) is 1. The minimum absolute atomic E-state index is 0.156. The van der Waals surface area contributed by atoms with E-state index in [-0.39, 0.29) is 24.0 Å². The lowest BCUT2D eigenvalue weighted by Crippen LogP contribution is -2.22. The molecule has 0 spiro atoms. The Morgan fingerprint density at radius 1 is 0.733 bits per heavy atom. The van der Waals surface area contributed by atoms with Crippen molar-refractivity contribution >= 4 is 0 Å². The Hall–Kier alpha value is -3.03. The first-order chi connectivity index (χ1) is 14.1. The normalized spacial score (nSPS) is 11.6. The minimum atomic E-state index is -3.94. The molecule has 158 valence electrons. The number of ether oxygens (including phenoxy) is 1. The molecular weight excluding hydrogens is 413 g/mol. The van der Waals surface area contributed by atoms with Gasteiger partial charge in [-0.15, -0.1) is 0 Å². The van der Waals surface area contributed by atoms with Gasteiger partial charge < -0.3 is 4.74 Å². The second-order valence-corrected chi connectivity index (χ2v) is 6.69. The molecule has 0 heterocycles. The lowest BCUT2D eigenvalue weighted by atomic mass is 10.0. The van der Waals surface area contributed by atoms with Gasteiger partial charge in [-0.1, -0.05) is 24.3 Å². The largest absolute Gasteiger partial charge is 0.429 e. The summed E-state index contributed by atoms with van der Waals surface area (Å²) in [4.78, 5) is 0. The molecule has 0 aliphatic rings. The Morgan fingerprint density at radius 3 is 1.93 bits per heavy atom. The van der Waals surface area contributed by atoms with Crippen molar-refractivity contribution in [2.75, 3.05) is 0 Å². The Labute approximate surface area is 167 Å². The van der Waals surface area contributed by atoms with E-state index in [9.17, 15) is 30.7 Å². The second kappa shape index (κ2) is 8.38. The third-order valence-electron chi connectivity index (χ3n) is 4.53. The van der Waals surface area contributed by atoms with Gasteiger partial charge in [0.05, 0.1) is 5.56 Å². The summed E-state index contributed by atoms with van der Waals surface area (Å²) in [5.74, 6) is -7.84. The molecule has 0 saturated heterocycles. The maximum Gasteiger partial charge on any atom is 0.426 e. The monoisotopic (exact) mass is 428 g/mol. The molecule has 3 aromatic rings. The van der Waals surface area contributed by atoms with E-state index < -0.39 is 46.5 Å². The summed E-state index contributed by atoms with van der Waals surface area (Å²) >= 11 is 0. The van der Waals surface area contributed by atoms with Gasteiger partial charge in [-0.3, -0.25) is 0 Å². The number of halogens is 7. The van der Waals surface area contributed by atoms with Gasteiger partial charge in [0.25, 0.3) is 0 Å². The van der Waals surface area contributed by atoms with Crippen LogP contribution < -0.4 is 4.74 Å². The van der Waals surface area contributed by atoms with Gasteiger partial charge in [0.2, 0.25) is 0 Å². The van der Waals surface area contributed by atoms with Crippen LogP contribution in [0.1, 0.15) is 22.3 Å². The summed E-state index contributed by atoms with van der Waals surface area (Å²) in [5.41, 5.74) is 0.317. The molecule has 3 aromatic carbocycles. The maximum atomic E-state index is 14.3. The van der Waals surface area contributed by atoms with Gasteiger partial charge in [-0.2, -0.15) is 8.78 Å². The lowest BCUT2D eigenvalue weighted by molar-refractivity contribution is -0.185. The van der Waals surface area contributed by atoms with E-state index in [4.69, 9.17) is 0 Å². The van der Waals surface area contributed by atoms with Crippen molar-refractivity contribution in [1.82, 2.24) is 0 Å². The van der Waals surface area contributed by atoms with E-state index in [1.165, 1.54) is 31.2 Å². The van der Waals surface area contributed by atoms with Gasteiger partial charge in [0.15, 0.2) is 29.1 Å². The predicted molar refractivity (Wildman–Crippen MR) is 95.8 cm³/mol. The highest BCUT2D eigenvalue weighted by Crippen LogP contribution is 2.33. The molecule has 0 amide bonds. The quantitative estimate of drug-likeness (QED) is 0.317. The lowest BCUT2D eigenvalue weighted by Gasteiger charge is -2.19. The number of alkyl halides is 2. The van der Waals surface area contributed by atoms with Crippen LogP contribution in [0.15, 0.2) is 48.5 Å². The molecule has 8 heteroatoms. The molecule has 0 bridgehead atoms. The van der Waals surface area contributed by atoms with Crippen LogP contribution in [0, 0.1) is 36.0 Å². The summed E-state index contributed by atoms with van der Waals surface area (Å²) in [6.07, 6.45) is -3.52. The predicted octanol–water partition coefficient (Wildman–Crippen LogP) is 6.60. The zero-order chi connectivity index (χ0) is 22.1. The van der Waals surface area contributed by atoms with Crippen LogP contribution in [0.25, 0.3) is 0 Å². The zero-order valence-corrected chi connectivity index (χ0v) is 15.6. The summed E-state index contributed by atoms with van der Waals surface area (Å²) in [6, 6.07) is 8.32. The SMILES string of the molecule is Cc1ccc(CCc2ccc(C(F)(F)Oc3cc(F)c(F)c(F)c3)cc2)c(F)c1F. The van der Waals surface area contributed by atoms with E-state index in [2.05, 4.69) is 4.74 Å². The zero-order valence-electron chi connectivity index (χ0n) is 15.6. The molecule has 0 radical (unpaired) electrons. The fourth-order valence-corrected chi connectivity index (χ4v) is 2.82. The van der Waals surface area contributed by atoms with Gasteiger partial charge >= 0.3 is 6.11 Å². The molecule has 1 nitrogen and oxygen atoms in total. The minimum Gasteiger partial charge on any atom is -0.429 e. The molecule has 3 rings (SSSR count). The molecule has 0 fully saturated rings. The number of aryl methyl sites for hydroxylation is 3. The van der Waals surface area contributed by atoms with Crippen LogP contribution in [0.4, 0.5) is 30.7 Å². The standard InChI is InChI=1S/C22H15F7O/c1-12-2-6-14(20(26)19(12)25)7-3-13-4-8-15(9-5-13)22(28,29)30-16-10-17(23)21(27)18(24)11-16/h2,4-6,8-11H,3,7H2,1H3. The van der Waals surface area contributed by atoms with Gasteiger partial charge in [0.1, 0.15) is 5.75 Å². The van der Waals surface area contributed by atoms with E-state index in [1.54, 1.807) is 0 Å². The van der Waals surface area contributed by atoms with Crippen molar-refractivity contribution in [3.8, 4) is 5.75 Å². The second-order valence-electron chi connectivity index (χ2n) is 6.69. The van der Waals surface area contributed by atoms with Gasteiger partial charge in [-0.05, 0) is 48.6 Å². The van der Waals surface area contributed by atoms with E-state index in [1.807, 2.05) is 0 Å². The fourth-order valence-electron chi connectivity index (χ4n) is 2.82. The first kappa shape index (κ1) is 21.7. The van der Waals surface area contributed by atoms with Crippen LogP contribution in [-0.2, 0) is 19.0 Å². The first-order valence-corrected chi connectivity index (χ1v) is 8.82. The highest BCUT2D eigenvalue weighted by Gasteiger charge is 2.35. The Balaban J connectivity index is 1.71. The first-order valence-electron chi connectivity index (χ1n) is 8.82. The van der Waals surface area contributed by atoms with E-state index in [0.717, 1.165) is 12.1 Å². The van der Waals surface area contributed by atoms with Crippen LogP contribution in [-0.4, -0.2) is 0 Å². The van der Waals surface area contributed by atoms with Gasteiger partial charge in [0, 0.05) is 12.1 Å². The summed E-state index contributed by atoms with van der Waals surface area (Å²) in [7, 11) is 0. The van der Waals surface area contributed by atoms with Crippen LogP contribution in [0.3, 0.4) is 0 Å². The Bertz CT molecular complexity index is 1040. The highest BCUT2D eigenvalue weighted by atomic mass is 19.3. The third-order valence-corrected chi connectivity index (χ3v) is 4.53. The molecule has 0 atom stereocenters.